The Morgan fingerprint density at radius 3 is 2.64 bits per heavy atom. The van der Waals surface area contributed by atoms with Crippen LogP contribution in [0.1, 0.15) is 24.1 Å². The van der Waals surface area contributed by atoms with Gasteiger partial charge in [0.1, 0.15) is 5.52 Å². The summed E-state index contributed by atoms with van der Waals surface area (Å²) < 4.78 is 21.8. The molecule has 6 nitrogen and oxygen atoms in total. The fraction of sp³-hybridized carbons (Fsp3) is 0.320. The van der Waals surface area contributed by atoms with Crippen molar-refractivity contribution in [1.29, 1.82) is 0 Å². The highest BCUT2D eigenvalue weighted by Crippen LogP contribution is 2.44. The van der Waals surface area contributed by atoms with Crippen LogP contribution >= 0.6 is 12.4 Å². The van der Waals surface area contributed by atoms with Crippen LogP contribution in [0, 0.1) is 11.2 Å². The Kier molecular flexibility index (Phi) is 5.44. The smallest absolute Gasteiger partial charge is 0.174 e. The molecule has 1 spiro atoms. The summed E-state index contributed by atoms with van der Waals surface area (Å²) in [6.45, 7) is 1.88. The monoisotopic (exact) mass is 465 g/mol. The number of nitrogens with zero attached hydrogens (tertiary/aromatic N) is 5. The van der Waals surface area contributed by atoms with E-state index in [2.05, 4.69) is 21.0 Å². The summed E-state index contributed by atoms with van der Waals surface area (Å²) >= 11 is 0. The van der Waals surface area contributed by atoms with Gasteiger partial charge in [0.2, 0.25) is 0 Å². The Morgan fingerprint density at radius 2 is 1.85 bits per heavy atom. The molecule has 2 aliphatic rings. The minimum atomic E-state index is -0.407. The third kappa shape index (κ3) is 3.51. The van der Waals surface area contributed by atoms with Crippen LogP contribution in [0.4, 0.5) is 10.2 Å². The van der Waals surface area contributed by atoms with Gasteiger partial charge in [-0.1, -0.05) is 12.1 Å². The molecule has 4 heterocycles. The van der Waals surface area contributed by atoms with Crippen LogP contribution in [-0.4, -0.2) is 39.8 Å². The molecule has 170 valence electrons. The van der Waals surface area contributed by atoms with E-state index < -0.39 is 5.82 Å². The van der Waals surface area contributed by atoms with Crippen molar-refractivity contribution in [2.75, 3.05) is 25.1 Å². The predicted molar refractivity (Wildman–Crippen MR) is 128 cm³/mol. The number of benzene rings is 1. The lowest BCUT2D eigenvalue weighted by Crippen LogP contribution is -2.41. The van der Waals surface area contributed by atoms with Gasteiger partial charge >= 0.3 is 0 Å². The van der Waals surface area contributed by atoms with E-state index in [1.807, 2.05) is 18.3 Å². The van der Waals surface area contributed by atoms with Gasteiger partial charge in [-0.25, -0.2) is 13.9 Å². The second kappa shape index (κ2) is 8.30. The van der Waals surface area contributed by atoms with Crippen molar-refractivity contribution in [3.05, 3.63) is 72.1 Å². The minimum Gasteiger partial charge on any atom is -0.494 e. The summed E-state index contributed by atoms with van der Waals surface area (Å²) in [5.74, 6) is 0.703. The highest BCUT2D eigenvalue weighted by molar-refractivity contribution is 5.85. The third-order valence-electron chi connectivity index (χ3n) is 7.08. The number of pyridine rings is 1. The molecule has 0 radical (unpaired) electrons. The molecule has 1 fully saturated rings. The average Bonchev–Trinajstić information content (AvgIpc) is 3.44. The summed E-state index contributed by atoms with van der Waals surface area (Å²) in [5, 5.41) is 4.48. The molecule has 4 aromatic rings. The van der Waals surface area contributed by atoms with Crippen LogP contribution in [0.15, 0.2) is 55.0 Å². The summed E-state index contributed by atoms with van der Waals surface area (Å²) in [5.41, 5.74) is 4.90. The van der Waals surface area contributed by atoms with Gasteiger partial charge in [0.15, 0.2) is 17.4 Å². The topological polar surface area (TPSA) is 55.5 Å². The largest absolute Gasteiger partial charge is 0.494 e. The molecule has 6 rings (SSSR count). The lowest BCUT2D eigenvalue weighted by Gasteiger charge is -2.40. The van der Waals surface area contributed by atoms with E-state index in [9.17, 15) is 4.39 Å². The third-order valence-corrected chi connectivity index (χ3v) is 7.08. The van der Waals surface area contributed by atoms with Crippen LogP contribution in [0.3, 0.4) is 0 Å². The van der Waals surface area contributed by atoms with Crippen LogP contribution in [0.2, 0.25) is 0 Å². The molecule has 3 aromatic heterocycles. The van der Waals surface area contributed by atoms with E-state index in [1.54, 1.807) is 35.1 Å². The molecule has 8 heteroatoms. The molecule has 1 aromatic carbocycles. The molecule has 0 N–H and O–H groups in total. The maximum Gasteiger partial charge on any atom is 0.174 e. The Balaban J connectivity index is 0.00000228. The number of rotatable bonds is 3. The van der Waals surface area contributed by atoms with Crippen LogP contribution in [0.25, 0.3) is 16.8 Å². The zero-order chi connectivity index (χ0) is 21.7. The highest BCUT2D eigenvalue weighted by Gasteiger charge is 2.41. The van der Waals surface area contributed by atoms with Crippen LogP contribution in [-0.2, 0) is 12.8 Å². The molecule has 33 heavy (non-hydrogen) atoms. The number of anilines is 1. The Bertz CT molecular complexity index is 1290. The SMILES string of the molecule is COc1cccc(-c2cnc(N3CCC4(CC3)Cc3cccnc3C4)c3ccnn23)c1F.Cl. The lowest BCUT2D eigenvalue weighted by atomic mass is 9.76. The van der Waals surface area contributed by atoms with Crippen molar-refractivity contribution in [2.45, 2.75) is 25.7 Å². The summed E-state index contributed by atoms with van der Waals surface area (Å²) in [6.07, 6.45) is 9.77. The first kappa shape index (κ1) is 21.6. The van der Waals surface area contributed by atoms with Gasteiger partial charge in [-0.15, -0.1) is 12.4 Å². The first-order chi connectivity index (χ1) is 15.7. The van der Waals surface area contributed by atoms with Crippen molar-refractivity contribution in [3.63, 3.8) is 0 Å². The standard InChI is InChI=1S/C25H24FN5O.ClH/c1-32-22-6-2-5-18(23(22)26)21-16-28-24(20-7-11-29-31(20)21)30-12-8-25(9-13-30)14-17-4-3-10-27-19(17)15-25;/h2-7,10-11,16H,8-9,12-15H2,1H3;1H. The van der Waals surface area contributed by atoms with E-state index in [4.69, 9.17) is 9.72 Å². The van der Waals surface area contributed by atoms with E-state index in [0.717, 1.165) is 50.1 Å². The van der Waals surface area contributed by atoms with E-state index in [1.165, 1.54) is 18.4 Å². The highest BCUT2D eigenvalue weighted by atomic mass is 35.5. The normalized spacial score (nSPS) is 16.6. The first-order valence-corrected chi connectivity index (χ1v) is 11.0. The molecule has 1 aliphatic heterocycles. The Labute approximate surface area is 197 Å². The van der Waals surface area contributed by atoms with Crippen LogP contribution in [0.5, 0.6) is 5.75 Å². The molecular weight excluding hydrogens is 441 g/mol. The second-order valence-electron chi connectivity index (χ2n) is 8.87. The maximum absolute atomic E-state index is 14.9. The van der Waals surface area contributed by atoms with Crippen molar-refractivity contribution in [1.82, 2.24) is 19.6 Å². The minimum absolute atomic E-state index is 0. The number of methoxy groups -OCH3 is 1. The van der Waals surface area contributed by atoms with Crippen molar-refractivity contribution >= 4 is 23.7 Å². The molecule has 1 saturated heterocycles. The number of fused-ring (bicyclic) bond motifs is 2. The van der Waals surface area contributed by atoms with Gasteiger partial charge in [0, 0.05) is 30.5 Å². The van der Waals surface area contributed by atoms with E-state index in [-0.39, 0.29) is 18.2 Å². The number of ether oxygens (including phenoxy) is 1. The number of hydrogen-bond acceptors (Lipinski definition) is 5. The fourth-order valence-electron chi connectivity index (χ4n) is 5.36. The molecule has 0 amide bonds. The number of hydrogen-bond donors (Lipinski definition) is 0. The van der Waals surface area contributed by atoms with Crippen LogP contribution < -0.4 is 9.64 Å². The zero-order valence-electron chi connectivity index (χ0n) is 18.4. The Hall–Kier alpha value is -3.19. The summed E-state index contributed by atoms with van der Waals surface area (Å²) in [6, 6.07) is 11.3. The van der Waals surface area contributed by atoms with Crippen molar-refractivity contribution in [2.24, 2.45) is 5.41 Å². The molecule has 0 saturated carbocycles. The quantitative estimate of drug-likeness (QED) is 0.437. The number of piperidine rings is 1. The van der Waals surface area contributed by atoms with Gasteiger partial charge in [-0.3, -0.25) is 4.98 Å². The molecular formula is C25H25ClFN5O. The van der Waals surface area contributed by atoms with Gasteiger partial charge in [-0.2, -0.15) is 5.10 Å². The number of aromatic nitrogens is 4. The van der Waals surface area contributed by atoms with Gasteiger partial charge in [-0.05, 0) is 60.9 Å². The van der Waals surface area contributed by atoms with Gasteiger partial charge in [0.25, 0.3) is 0 Å². The Morgan fingerprint density at radius 1 is 1.00 bits per heavy atom. The fourth-order valence-corrected chi connectivity index (χ4v) is 5.36. The van der Waals surface area contributed by atoms with Gasteiger partial charge < -0.3 is 9.64 Å². The summed E-state index contributed by atoms with van der Waals surface area (Å²) in [4.78, 5) is 11.7. The summed E-state index contributed by atoms with van der Waals surface area (Å²) in [7, 11) is 1.47. The zero-order valence-corrected chi connectivity index (χ0v) is 19.2. The number of halogens is 2. The second-order valence-corrected chi connectivity index (χ2v) is 8.87. The molecule has 0 unspecified atom stereocenters. The predicted octanol–water partition coefficient (Wildman–Crippen LogP) is 4.75. The lowest BCUT2D eigenvalue weighted by molar-refractivity contribution is 0.231. The van der Waals surface area contributed by atoms with Gasteiger partial charge in [0.05, 0.1) is 25.2 Å². The van der Waals surface area contributed by atoms with E-state index in [0.29, 0.717) is 16.7 Å². The van der Waals surface area contributed by atoms with Crippen molar-refractivity contribution in [3.8, 4) is 17.0 Å². The first-order valence-electron chi connectivity index (χ1n) is 11.0. The average molecular weight is 466 g/mol. The molecule has 1 aliphatic carbocycles. The molecule has 0 atom stereocenters. The molecule has 0 bridgehead atoms. The maximum atomic E-state index is 14.9. The van der Waals surface area contributed by atoms with Crippen molar-refractivity contribution < 1.29 is 9.13 Å². The van der Waals surface area contributed by atoms with E-state index >= 15 is 0 Å².